The summed E-state index contributed by atoms with van der Waals surface area (Å²) in [4.78, 5) is 33.1. The summed E-state index contributed by atoms with van der Waals surface area (Å²) < 4.78 is 5.28. The summed E-state index contributed by atoms with van der Waals surface area (Å²) in [5.41, 5.74) is 0. The highest BCUT2D eigenvalue weighted by molar-refractivity contribution is 8.77. The highest BCUT2D eigenvalue weighted by Crippen LogP contribution is 2.39. The number of ether oxygens (including phenoxy) is 1. The van der Waals surface area contributed by atoms with E-state index in [0.717, 1.165) is 6.42 Å². The second kappa shape index (κ2) is 12.5. The van der Waals surface area contributed by atoms with E-state index in [2.05, 4.69) is 10.6 Å². The predicted octanol–water partition coefficient (Wildman–Crippen LogP) is 1.03. The highest BCUT2D eigenvalue weighted by atomic mass is 33.1. The maximum Gasteiger partial charge on any atom is 0.303 e. The van der Waals surface area contributed by atoms with Crippen LogP contribution in [0.2, 0.25) is 0 Å². The largest absolute Gasteiger partial charge is 0.481 e. The van der Waals surface area contributed by atoms with Gasteiger partial charge in [-0.05, 0) is 12.8 Å². The molecule has 1 aliphatic rings. The second-order valence-electron chi connectivity index (χ2n) is 5.07. The second-order valence-corrected chi connectivity index (χ2v) is 7.86. The Labute approximate surface area is 144 Å². The Morgan fingerprint density at radius 3 is 2.26 bits per heavy atom. The molecule has 3 N–H and O–H groups in total. The third kappa shape index (κ3) is 11.3. The van der Waals surface area contributed by atoms with Crippen LogP contribution in [0.5, 0.6) is 0 Å². The molecule has 1 aliphatic heterocycles. The molecule has 1 unspecified atom stereocenters. The molecule has 0 bridgehead atoms. The van der Waals surface area contributed by atoms with Crippen molar-refractivity contribution in [1.29, 1.82) is 0 Å². The van der Waals surface area contributed by atoms with Gasteiger partial charge in [0.15, 0.2) is 0 Å². The number of hydrogen-bond donors (Lipinski definition) is 3. The molecule has 0 radical (unpaired) electrons. The van der Waals surface area contributed by atoms with Gasteiger partial charge in [-0.15, -0.1) is 0 Å². The average Bonchev–Trinajstić information content (AvgIpc) is 3.03. The Morgan fingerprint density at radius 1 is 1.04 bits per heavy atom. The number of carbonyl (C=O) groups excluding carboxylic acids is 2. The molecule has 0 aromatic heterocycles. The maximum absolute atomic E-state index is 11.6. The fraction of sp³-hybridized carbons (Fsp3) is 0.786. The van der Waals surface area contributed by atoms with Crippen LogP contribution >= 0.6 is 21.6 Å². The Hall–Kier alpha value is -0.930. The molecule has 0 aliphatic carbocycles. The summed E-state index contributed by atoms with van der Waals surface area (Å²) in [6.07, 6.45) is 2.47. The number of carboxylic acids is 1. The molecule has 1 saturated heterocycles. The van der Waals surface area contributed by atoms with E-state index in [1.54, 1.807) is 0 Å². The number of hydrogen-bond acceptors (Lipinski definition) is 6. The quantitative estimate of drug-likeness (QED) is 0.351. The minimum absolute atomic E-state index is 0.0246. The third-order valence-corrected chi connectivity index (χ3v) is 6.13. The highest BCUT2D eigenvalue weighted by Gasteiger charge is 2.17. The van der Waals surface area contributed by atoms with E-state index in [1.807, 2.05) is 21.6 Å². The van der Waals surface area contributed by atoms with Gasteiger partial charge < -0.3 is 20.5 Å². The molecule has 1 rings (SSSR count). The van der Waals surface area contributed by atoms with Crippen molar-refractivity contribution in [1.82, 2.24) is 10.6 Å². The summed E-state index contributed by atoms with van der Waals surface area (Å²) in [5.74, 6) is -0.0600. The van der Waals surface area contributed by atoms with Gasteiger partial charge in [-0.25, -0.2) is 0 Å². The van der Waals surface area contributed by atoms with Crippen LogP contribution in [0.15, 0.2) is 0 Å². The number of rotatable bonds is 12. The van der Waals surface area contributed by atoms with Gasteiger partial charge in [0.05, 0.1) is 19.6 Å². The monoisotopic (exact) mass is 364 g/mol. The van der Waals surface area contributed by atoms with Crippen molar-refractivity contribution < 1.29 is 24.2 Å². The van der Waals surface area contributed by atoms with E-state index in [4.69, 9.17) is 9.84 Å². The molecule has 7 nitrogen and oxygen atoms in total. The van der Waals surface area contributed by atoms with Gasteiger partial charge in [0.2, 0.25) is 11.8 Å². The minimum Gasteiger partial charge on any atom is -0.481 e. The molecular weight excluding hydrogens is 340 g/mol. The van der Waals surface area contributed by atoms with Crippen molar-refractivity contribution in [3.8, 4) is 0 Å². The number of amides is 2. The lowest BCUT2D eigenvalue weighted by Gasteiger charge is -2.09. The van der Waals surface area contributed by atoms with Crippen molar-refractivity contribution in [3.63, 3.8) is 0 Å². The van der Waals surface area contributed by atoms with Crippen LogP contribution in [-0.4, -0.2) is 60.2 Å². The first kappa shape index (κ1) is 20.1. The topological polar surface area (TPSA) is 105 Å². The molecule has 9 heteroatoms. The summed E-state index contributed by atoms with van der Waals surface area (Å²) >= 11 is 0. The number of nitrogens with one attached hydrogen (secondary N) is 2. The van der Waals surface area contributed by atoms with Crippen LogP contribution in [-0.2, 0) is 19.1 Å². The molecule has 0 aromatic rings. The summed E-state index contributed by atoms with van der Waals surface area (Å²) in [5, 5.41) is 14.4. The SMILES string of the molecule is O=C(O)CCC(=O)NCCOCCNC(=O)CCC1CCSS1. The van der Waals surface area contributed by atoms with Crippen LogP contribution in [0, 0.1) is 0 Å². The van der Waals surface area contributed by atoms with Crippen molar-refractivity contribution in [2.24, 2.45) is 0 Å². The van der Waals surface area contributed by atoms with Crippen molar-refractivity contribution in [2.45, 2.75) is 37.4 Å². The van der Waals surface area contributed by atoms with Gasteiger partial charge >= 0.3 is 5.97 Å². The van der Waals surface area contributed by atoms with E-state index < -0.39 is 5.97 Å². The lowest BCUT2D eigenvalue weighted by molar-refractivity contribution is -0.138. The molecule has 23 heavy (non-hydrogen) atoms. The third-order valence-electron chi connectivity index (χ3n) is 3.12. The first-order valence-corrected chi connectivity index (χ1v) is 10.1. The first-order valence-electron chi connectivity index (χ1n) is 7.69. The molecule has 0 spiro atoms. The van der Waals surface area contributed by atoms with Crippen LogP contribution in [0.1, 0.15) is 32.1 Å². The molecule has 0 saturated carbocycles. The molecule has 1 fully saturated rings. The maximum atomic E-state index is 11.6. The van der Waals surface area contributed by atoms with E-state index in [1.165, 1.54) is 12.2 Å². The standard InChI is InChI=1S/C14H24N2O5S2/c17-12(2-1-11-5-10-22-23-11)15-6-8-21-9-7-16-13(18)3-4-14(19)20/h11H,1-10H2,(H,15,17)(H,16,18)(H,19,20). The van der Waals surface area contributed by atoms with Crippen molar-refractivity contribution >= 4 is 39.4 Å². The number of aliphatic carboxylic acids is 1. The van der Waals surface area contributed by atoms with Crippen LogP contribution in [0.25, 0.3) is 0 Å². The van der Waals surface area contributed by atoms with Gasteiger partial charge in [0.1, 0.15) is 0 Å². The zero-order chi connectivity index (χ0) is 16.9. The summed E-state index contributed by atoms with van der Waals surface area (Å²) in [6, 6.07) is 0. The summed E-state index contributed by atoms with van der Waals surface area (Å²) in [6.45, 7) is 1.52. The minimum atomic E-state index is -0.988. The first-order chi connectivity index (χ1) is 11.1. The lowest BCUT2D eigenvalue weighted by atomic mass is 10.2. The van der Waals surface area contributed by atoms with Gasteiger partial charge in [-0.1, -0.05) is 21.6 Å². The predicted molar refractivity (Wildman–Crippen MR) is 91.4 cm³/mol. The van der Waals surface area contributed by atoms with E-state index in [9.17, 15) is 14.4 Å². The molecule has 0 aromatic carbocycles. The zero-order valence-corrected chi connectivity index (χ0v) is 14.7. The Morgan fingerprint density at radius 2 is 1.70 bits per heavy atom. The van der Waals surface area contributed by atoms with Crippen LogP contribution in [0.3, 0.4) is 0 Å². The fourth-order valence-electron chi connectivity index (χ4n) is 1.88. The Kier molecular flexibility index (Phi) is 10.9. The average molecular weight is 364 g/mol. The van der Waals surface area contributed by atoms with Gasteiger partial charge in [-0.3, -0.25) is 14.4 Å². The van der Waals surface area contributed by atoms with Gasteiger partial charge in [0, 0.05) is 36.9 Å². The van der Waals surface area contributed by atoms with Crippen LogP contribution in [0.4, 0.5) is 0 Å². The molecular formula is C14H24N2O5S2. The van der Waals surface area contributed by atoms with E-state index in [0.29, 0.717) is 38.0 Å². The summed E-state index contributed by atoms with van der Waals surface area (Å²) in [7, 11) is 3.75. The molecule has 1 atom stereocenters. The molecule has 132 valence electrons. The number of carbonyl (C=O) groups is 3. The fourth-order valence-corrected chi connectivity index (χ4v) is 4.86. The van der Waals surface area contributed by atoms with Crippen molar-refractivity contribution in [2.75, 3.05) is 32.1 Å². The molecule has 1 heterocycles. The zero-order valence-electron chi connectivity index (χ0n) is 13.0. The smallest absolute Gasteiger partial charge is 0.303 e. The van der Waals surface area contributed by atoms with Crippen LogP contribution < -0.4 is 10.6 Å². The van der Waals surface area contributed by atoms with Gasteiger partial charge in [0.25, 0.3) is 0 Å². The number of carboxylic acid groups (broad SMARTS) is 1. The molecule has 2 amide bonds. The van der Waals surface area contributed by atoms with Crippen molar-refractivity contribution in [3.05, 3.63) is 0 Å². The normalized spacial score (nSPS) is 17.0. The lowest BCUT2D eigenvalue weighted by Crippen LogP contribution is -2.30. The Bertz CT molecular complexity index is 389. The van der Waals surface area contributed by atoms with Gasteiger partial charge in [-0.2, -0.15) is 0 Å². The Balaban J connectivity index is 1.86. The van der Waals surface area contributed by atoms with E-state index in [-0.39, 0.29) is 24.7 Å². The van der Waals surface area contributed by atoms with E-state index >= 15 is 0 Å².